The smallest absolute Gasteiger partial charge is 0.0991 e. The molecule has 1 atom stereocenters. The fraction of sp³-hybridized carbons (Fsp3) is 0.562. The number of nitrogens with zero attached hydrogens (tertiary/aromatic N) is 2. The van der Waals surface area contributed by atoms with Gasteiger partial charge in [-0.2, -0.15) is 5.26 Å². The van der Waals surface area contributed by atoms with Crippen LogP contribution in [0, 0.1) is 22.7 Å². The van der Waals surface area contributed by atoms with Crippen molar-refractivity contribution < 1.29 is 5.11 Å². The van der Waals surface area contributed by atoms with Crippen LogP contribution in [0.15, 0.2) is 24.3 Å². The highest BCUT2D eigenvalue weighted by Gasteiger charge is 2.35. The lowest BCUT2D eigenvalue weighted by Gasteiger charge is -2.45. The fourth-order valence-corrected chi connectivity index (χ4v) is 3.06. The minimum absolute atomic E-state index is 0.217. The van der Waals surface area contributed by atoms with E-state index in [4.69, 9.17) is 10.4 Å². The Balaban J connectivity index is 2.09. The molecule has 1 aliphatic heterocycles. The average molecular weight is 258 g/mol. The molecule has 1 N–H and O–H groups in total. The Hall–Kier alpha value is -1.53. The topological polar surface area (TPSA) is 47.3 Å². The van der Waals surface area contributed by atoms with Crippen LogP contribution in [-0.2, 0) is 0 Å². The van der Waals surface area contributed by atoms with Crippen molar-refractivity contribution in [2.45, 2.75) is 26.7 Å². The second-order valence-corrected chi connectivity index (χ2v) is 6.07. The van der Waals surface area contributed by atoms with E-state index >= 15 is 0 Å². The van der Waals surface area contributed by atoms with Crippen LogP contribution in [-0.4, -0.2) is 24.8 Å². The number of benzene rings is 1. The first kappa shape index (κ1) is 13.9. The third kappa shape index (κ3) is 3.08. The van der Waals surface area contributed by atoms with Gasteiger partial charge in [0.2, 0.25) is 0 Å². The first-order chi connectivity index (χ1) is 9.06. The normalized spacial score (nSPS) is 22.0. The van der Waals surface area contributed by atoms with Crippen LogP contribution >= 0.6 is 0 Å². The number of hydrogen-bond acceptors (Lipinski definition) is 3. The van der Waals surface area contributed by atoms with Gasteiger partial charge in [-0.15, -0.1) is 0 Å². The van der Waals surface area contributed by atoms with Crippen molar-refractivity contribution in [2.24, 2.45) is 11.3 Å². The van der Waals surface area contributed by atoms with Crippen LogP contribution in [0.2, 0.25) is 0 Å². The molecule has 3 nitrogen and oxygen atoms in total. The summed E-state index contributed by atoms with van der Waals surface area (Å²) in [6.45, 7) is 6.88. The lowest BCUT2D eigenvalue weighted by Crippen LogP contribution is -2.46. The predicted octanol–water partition coefficient (Wildman–Crippen LogP) is 2.79. The zero-order chi connectivity index (χ0) is 13.9. The van der Waals surface area contributed by atoms with Gasteiger partial charge in [0.1, 0.15) is 0 Å². The van der Waals surface area contributed by atoms with Crippen molar-refractivity contribution in [3.05, 3.63) is 29.8 Å². The molecule has 1 unspecified atom stereocenters. The van der Waals surface area contributed by atoms with E-state index in [1.165, 1.54) is 5.69 Å². The first-order valence-electron chi connectivity index (χ1n) is 6.93. The van der Waals surface area contributed by atoms with Gasteiger partial charge in [0.05, 0.1) is 11.6 Å². The lowest BCUT2D eigenvalue weighted by atomic mass is 9.72. The third-order valence-electron chi connectivity index (χ3n) is 4.29. The maximum absolute atomic E-state index is 9.15. The molecule has 2 rings (SSSR count). The van der Waals surface area contributed by atoms with Gasteiger partial charge in [0.25, 0.3) is 0 Å². The molecule has 1 aromatic rings. The van der Waals surface area contributed by atoms with Crippen molar-refractivity contribution >= 4 is 5.69 Å². The van der Waals surface area contributed by atoms with E-state index in [0.717, 1.165) is 25.9 Å². The highest BCUT2D eigenvalue weighted by atomic mass is 16.3. The van der Waals surface area contributed by atoms with Gasteiger partial charge >= 0.3 is 0 Å². The van der Waals surface area contributed by atoms with E-state index in [9.17, 15) is 0 Å². The summed E-state index contributed by atoms with van der Waals surface area (Å²) >= 11 is 0. The van der Waals surface area contributed by atoms with Crippen molar-refractivity contribution in [3.8, 4) is 6.07 Å². The molecule has 0 saturated carbocycles. The van der Waals surface area contributed by atoms with Gasteiger partial charge in [-0.1, -0.05) is 13.8 Å². The zero-order valence-electron chi connectivity index (χ0n) is 11.8. The molecule has 1 saturated heterocycles. The first-order valence-corrected chi connectivity index (χ1v) is 6.93. The molecule has 0 amide bonds. The Morgan fingerprint density at radius 2 is 2.05 bits per heavy atom. The van der Waals surface area contributed by atoms with Gasteiger partial charge in [0, 0.05) is 25.4 Å². The van der Waals surface area contributed by atoms with E-state index in [0.29, 0.717) is 11.5 Å². The maximum atomic E-state index is 9.15. The predicted molar refractivity (Wildman–Crippen MR) is 77.0 cm³/mol. The molecular formula is C16H22N2O. The summed E-state index contributed by atoms with van der Waals surface area (Å²) < 4.78 is 0. The average Bonchev–Trinajstić information content (AvgIpc) is 2.41. The molecule has 0 radical (unpaired) electrons. The van der Waals surface area contributed by atoms with Crippen LogP contribution in [0.25, 0.3) is 0 Å². The summed E-state index contributed by atoms with van der Waals surface area (Å²) in [5.41, 5.74) is 2.11. The quantitative estimate of drug-likeness (QED) is 0.907. The number of hydrogen-bond donors (Lipinski definition) is 1. The minimum atomic E-state index is 0.217. The Morgan fingerprint density at radius 3 is 2.58 bits per heavy atom. The fourth-order valence-electron chi connectivity index (χ4n) is 3.06. The van der Waals surface area contributed by atoms with E-state index in [-0.39, 0.29) is 12.0 Å². The molecule has 0 bridgehead atoms. The summed E-state index contributed by atoms with van der Waals surface area (Å²) in [4.78, 5) is 2.38. The Kier molecular flexibility index (Phi) is 4.11. The summed E-state index contributed by atoms with van der Waals surface area (Å²) in [6.07, 6.45) is 2.02. The number of aliphatic hydroxyl groups is 1. The van der Waals surface area contributed by atoms with Crippen LogP contribution in [0.3, 0.4) is 0 Å². The monoisotopic (exact) mass is 258 g/mol. The van der Waals surface area contributed by atoms with Crippen molar-refractivity contribution in [3.63, 3.8) is 0 Å². The number of nitriles is 1. The summed E-state index contributed by atoms with van der Waals surface area (Å²) in [6, 6.07) is 9.96. The van der Waals surface area contributed by atoms with E-state index in [1.807, 2.05) is 24.3 Å². The highest BCUT2D eigenvalue weighted by Crippen LogP contribution is 2.38. The lowest BCUT2D eigenvalue weighted by molar-refractivity contribution is 0.134. The van der Waals surface area contributed by atoms with Crippen molar-refractivity contribution in [2.75, 3.05) is 24.6 Å². The van der Waals surface area contributed by atoms with Gasteiger partial charge in [-0.25, -0.2) is 0 Å². The van der Waals surface area contributed by atoms with Gasteiger partial charge in [0.15, 0.2) is 0 Å². The molecule has 1 aromatic carbocycles. The van der Waals surface area contributed by atoms with Gasteiger partial charge < -0.3 is 10.0 Å². The zero-order valence-corrected chi connectivity index (χ0v) is 11.8. The van der Waals surface area contributed by atoms with Crippen LogP contribution in [0.5, 0.6) is 0 Å². The number of anilines is 1. The van der Waals surface area contributed by atoms with Crippen molar-refractivity contribution in [1.82, 2.24) is 0 Å². The van der Waals surface area contributed by atoms with Crippen LogP contribution < -0.4 is 4.90 Å². The molecule has 0 aliphatic carbocycles. The van der Waals surface area contributed by atoms with Gasteiger partial charge in [-0.05, 0) is 48.4 Å². The molecule has 0 aromatic heterocycles. The van der Waals surface area contributed by atoms with Crippen molar-refractivity contribution in [1.29, 1.82) is 5.26 Å². The maximum Gasteiger partial charge on any atom is 0.0991 e. The Morgan fingerprint density at radius 1 is 1.37 bits per heavy atom. The third-order valence-corrected chi connectivity index (χ3v) is 4.29. The second kappa shape index (κ2) is 5.63. The molecule has 1 fully saturated rings. The summed E-state index contributed by atoms with van der Waals surface area (Å²) in [7, 11) is 0. The summed E-state index contributed by atoms with van der Waals surface area (Å²) in [5, 5.41) is 18.0. The van der Waals surface area contributed by atoms with E-state index in [2.05, 4.69) is 24.8 Å². The van der Waals surface area contributed by atoms with Crippen LogP contribution in [0.1, 0.15) is 32.3 Å². The SMILES string of the molecule is CC1(C)CN(c2ccc(C#N)cc2)CCC1CCO. The standard InChI is InChI=1S/C16H22N2O/c1-16(2)12-18(9-7-14(16)8-10-19)15-5-3-13(11-17)4-6-15/h3-6,14,19H,7-10,12H2,1-2H3. The molecule has 0 spiro atoms. The number of rotatable bonds is 3. The Bertz CT molecular complexity index is 459. The minimum Gasteiger partial charge on any atom is -0.396 e. The molecular weight excluding hydrogens is 236 g/mol. The van der Waals surface area contributed by atoms with E-state index < -0.39 is 0 Å². The summed E-state index contributed by atoms with van der Waals surface area (Å²) in [5.74, 6) is 0.590. The number of piperidine rings is 1. The van der Waals surface area contributed by atoms with E-state index in [1.54, 1.807) is 0 Å². The van der Waals surface area contributed by atoms with Gasteiger partial charge in [-0.3, -0.25) is 0 Å². The molecule has 3 heteroatoms. The molecule has 19 heavy (non-hydrogen) atoms. The molecule has 1 heterocycles. The molecule has 1 aliphatic rings. The largest absolute Gasteiger partial charge is 0.396 e. The van der Waals surface area contributed by atoms with Crippen LogP contribution in [0.4, 0.5) is 5.69 Å². The number of aliphatic hydroxyl groups excluding tert-OH is 1. The second-order valence-electron chi connectivity index (χ2n) is 6.07. The Labute approximate surface area is 115 Å². The molecule has 102 valence electrons. The highest BCUT2D eigenvalue weighted by molar-refractivity contribution is 5.50.